The largest absolute Gasteiger partial charge is 0.430 e. The molecule has 1 aromatic heterocycles. The lowest BCUT2D eigenvalue weighted by Crippen LogP contribution is -2.53. The number of alkyl halides is 6. The lowest BCUT2D eigenvalue weighted by molar-refractivity contribution is -0.376. The fraction of sp³-hybridized carbons (Fsp3) is 0.286. The highest BCUT2D eigenvalue weighted by Gasteiger charge is 2.71. The van der Waals surface area contributed by atoms with Gasteiger partial charge in [0.05, 0.1) is 4.34 Å². The Kier molecular flexibility index (Phi) is 5.58. The van der Waals surface area contributed by atoms with Crippen LogP contribution in [0.4, 0.5) is 32.0 Å². The van der Waals surface area contributed by atoms with E-state index in [0.29, 0.717) is 22.2 Å². The molecule has 0 fully saturated rings. The SMILES string of the molecule is CN(Sc1csc(Cl)c1)c1ccc(C(O)(C(F)(F)F)C(F)(F)F)cc1. The molecule has 2 rings (SSSR count). The fourth-order valence-corrected chi connectivity index (χ4v) is 3.87. The van der Waals surface area contributed by atoms with Crippen molar-refractivity contribution in [2.45, 2.75) is 22.8 Å². The van der Waals surface area contributed by atoms with Gasteiger partial charge < -0.3 is 9.41 Å². The summed E-state index contributed by atoms with van der Waals surface area (Å²) in [5.41, 5.74) is -5.87. The topological polar surface area (TPSA) is 23.5 Å². The summed E-state index contributed by atoms with van der Waals surface area (Å²) >= 11 is 8.27. The molecule has 0 atom stereocenters. The summed E-state index contributed by atoms with van der Waals surface area (Å²) in [5, 5.41) is 11.1. The van der Waals surface area contributed by atoms with Crippen LogP contribution >= 0.6 is 34.9 Å². The van der Waals surface area contributed by atoms with Crippen molar-refractivity contribution < 1.29 is 31.4 Å². The molecular formula is C14H10ClF6NOS2. The molecule has 0 aliphatic rings. The second-order valence-corrected chi connectivity index (χ2v) is 7.67. The van der Waals surface area contributed by atoms with Crippen LogP contribution in [0.15, 0.2) is 40.6 Å². The van der Waals surface area contributed by atoms with E-state index in [2.05, 4.69) is 0 Å². The molecule has 0 radical (unpaired) electrons. The molecule has 0 saturated heterocycles. The molecule has 0 bridgehead atoms. The second kappa shape index (κ2) is 6.90. The molecule has 0 saturated carbocycles. The van der Waals surface area contributed by atoms with Crippen LogP contribution in [0.5, 0.6) is 0 Å². The van der Waals surface area contributed by atoms with Crippen molar-refractivity contribution >= 4 is 40.6 Å². The van der Waals surface area contributed by atoms with E-state index in [1.165, 1.54) is 23.3 Å². The summed E-state index contributed by atoms with van der Waals surface area (Å²) < 4.78 is 79.1. The maximum Gasteiger partial charge on any atom is 0.430 e. The molecule has 1 N–H and O–H groups in total. The Balaban J connectivity index is 2.28. The molecule has 0 aliphatic carbocycles. The number of hydrogen-bond acceptors (Lipinski definition) is 4. The summed E-state index contributed by atoms with van der Waals surface area (Å²) in [6, 6.07) is 5.02. The Morgan fingerprint density at radius 1 is 1.04 bits per heavy atom. The standard InChI is InChI=1S/C14H10ClF6NOS2/c1-22(25-10-6-11(15)24-7-10)9-4-2-8(3-5-9)12(23,13(16,17)18)14(19,20)21/h2-7,23H,1H3. The smallest absolute Gasteiger partial charge is 0.369 e. The van der Waals surface area contributed by atoms with Gasteiger partial charge in [-0.05, 0) is 30.1 Å². The van der Waals surface area contributed by atoms with Gasteiger partial charge in [-0.2, -0.15) is 26.3 Å². The van der Waals surface area contributed by atoms with Gasteiger partial charge in [0, 0.05) is 28.6 Å². The van der Waals surface area contributed by atoms with E-state index < -0.39 is 23.5 Å². The highest BCUT2D eigenvalue weighted by Crippen LogP contribution is 2.50. The minimum absolute atomic E-state index is 0.350. The molecule has 1 heterocycles. The number of benzene rings is 1. The van der Waals surface area contributed by atoms with Crippen LogP contribution in [0.1, 0.15) is 5.56 Å². The molecule has 25 heavy (non-hydrogen) atoms. The monoisotopic (exact) mass is 421 g/mol. The van der Waals surface area contributed by atoms with E-state index in [0.717, 1.165) is 17.0 Å². The molecule has 0 spiro atoms. The number of nitrogens with zero attached hydrogens (tertiary/aromatic N) is 1. The number of thiophene rings is 1. The van der Waals surface area contributed by atoms with Crippen molar-refractivity contribution in [2.24, 2.45) is 0 Å². The van der Waals surface area contributed by atoms with E-state index >= 15 is 0 Å². The molecule has 11 heteroatoms. The van der Waals surface area contributed by atoms with Crippen molar-refractivity contribution in [2.75, 3.05) is 11.4 Å². The summed E-state index contributed by atoms with van der Waals surface area (Å²) in [6.45, 7) is 0. The third-order valence-electron chi connectivity index (χ3n) is 3.25. The van der Waals surface area contributed by atoms with Gasteiger partial charge in [-0.15, -0.1) is 11.3 Å². The van der Waals surface area contributed by atoms with E-state index in [9.17, 15) is 31.4 Å². The van der Waals surface area contributed by atoms with E-state index in [4.69, 9.17) is 11.6 Å². The minimum atomic E-state index is -5.90. The van der Waals surface area contributed by atoms with Gasteiger partial charge in [0.1, 0.15) is 0 Å². The maximum atomic E-state index is 12.8. The number of anilines is 1. The molecule has 0 amide bonds. The van der Waals surface area contributed by atoms with Gasteiger partial charge in [0.15, 0.2) is 0 Å². The average molecular weight is 422 g/mol. The van der Waals surface area contributed by atoms with Gasteiger partial charge >= 0.3 is 12.4 Å². The molecule has 0 aliphatic heterocycles. The van der Waals surface area contributed by atoms with Gasteiger partial charge in [-0.1, -0.05) is 23.7 Å². The summed E-state index contributed by atoms with van der Waals surface area (Å²) in [6.07, 6.45) is -11.8. The van der Waals surface area contributed by atoms with Gasteiger partial charge in [0.25, 0.3) is 5.60 Å². The molecule has 0 unspecified atom stereocenters. The highest BCUT2D eigenvalue weighted by molar-refractivity contribution is 8.00. The Labute approximate surface area is 152 Å². The number of aliphatic hydroxyl groups is 1. The maximum absolute atomic E-state index is 12.8. The first kappa shape index (κ1) is 20.2. The van der Waals surface area contributed by atoms with E-state index in [1.54, 1.807) is 22.8 Å². The zero-order valence-corrected chi connectivity index (χ0v) is 14.7. The van der Waals surface area contributed by atoms with Crippen molar-refractivity contribution in [3.63, 3.8) is 0 Å². The molecule has 138 valence electrons. The highest BCUT2D eigenvalue weighted by atomic mass is 35.5. The predicted octanol–water partition coefficient (Wildman–Crippen LogP) is 5.86. The van der Waals surface area contributed by atoms with Crippen LogP contribution in [0, 0.1) is 0 Å². The van der Waals surface area contributed by atoms with E-state index in [-0.39, 0.29) is 0 Å². The average Bonchev–Trinajstić information content (AvgIpc) is 2.89. The Morgan fingerprint density at radius 2 is 1.56 bits per heavy atom. The number of hydrogen-bond donors (Lipinski definition) is 1. The van der Waals surface area contributed by atoms with Crippen LogP contribution in [0.2, 0.25) is 4.34 Å². The van der Waals surface area contributed by atoms with Crippen molar-refractivity contribution in [1.29, 1.82) is 0 Å². The summed E-state index contributed by atoms with van der Waals surface area (Å²) in [4.78, 5) is 0.767. The first-order chi connectivity index (χ1) is 11.4. The summed E-state index contributed by atoms with van der Waals surface area (Å²) in [5.74, 6) is 0. The predicted molar refractivity (Wildman–Crippen MR) is 86.0 cm³/mol. The first-order valence-electron chi connectivity index (χ1n) is 6.48. The van der Waals surface area contributed by atoms with Crippen molar-refractivity contribution in [3.05, 3.63) is 45.6 Å². The lowest BCUT2D eigenvalue weighted by atomic mass is 9.92. The molecule has 2 aromatic rings. The van der Waals surface area contributed by atoms with Gasteiger partial charge in [-0.3, -0.25) is 0 Å². The Hall–Kier alpha value is -1.10. The van der Waals surface area contributed by atoms with Crippen LogP contribution in [0.3, 0.4) is 0 Å². The first-order valence-corrected chi connectivity index (χ1v) is 8.51. The van der Waals surface area contributed by atoms with Gasteiger partial charge in [0.2, 0.25) is 0 Å². The Morgan fingerprint density at radius 3 is 1.96 bits per heavy atom. The van der Waals surface area contributed by atoms with Crippen LogP contribution in [0.25, 0.3) is 0 Å². The van der Waals surface area contributed by atoms with Crippen LogP contribution in [-0.2, 0) is 5.60 Å². The Bertz CT molecular complexity index is 714. The normalized spacial score (nSPS) is 13.2. The minimum Gasteiger partial charge on any atom is -0.369 e. The quantitative estimate of drug-likeness (QED) is 0.494. The van der Waals surface area contributed by atoms with Gasteiger partial charge in [-0.25, -0.2) is 0 Å². The molecule has 2 nitrogen and oxygen atoms in total. The van der Waals surface area contributed by atoms with Crippen LogP contribution < -0.4 is 4.31 Å². The zero-order chi connectivity index (χ0) is 19.0. The lowest BCUT2D eigenvalue weighted by Gasteiger charge is -2.32. The third kappa shape index (κ3) is 4.02. The number of halogens is 7. The third-order valence-corrected chi connectivity index (χ3v) is 5.43. The molecule has 1 aromatic carbocycles. The molecular weight excluding hydrogens is 412 g/mol. The summed E-state index contributed by atoms with van der Waals surface area (Å²) in [7, 11) is 1.59. The van der Waals surface area contributed by atoms with Crippen molar-refractivity contribution in [3.8, 4) is 0 Å². The second-order valence-electron chi connectivity index (χ2n) is 4.93. The van der Waals surface area contributed by atoms with Crippen molar-refractivity contribution in [1.82, 2.24) is 0 Å². The fourth-order valence-electron chi connectivity index (χ4n) is 1.95. The number of rotatable bonds is 4. The van der Waals surface area contributed by atoms with E-state index in [1.807, 2.05) is 0 Å². The zero-order valence-electron chi connectivity index (χ0n) is 12.3. The van der Waals surface area contributed by atoms with Crippen LogP contribution in [-0.4, -0.2) is 24.5 Å².